The number of hydrogen-bond acceptors (Lipinski definition) is 11. The van der Waals surface area contributed by atoms with E-state index in [2.05, 4.69) is 49.9 Å². The zero-order valence-electron chi connectivity index (χ0n) is 43.8. The minimum Gasteiger partial charge on any atom is -0.459 e. The molecule has 4 aromatic carbocycles. The van der Waals surface area contributed by atoms with E-state index in [0.717, 1.165) is 103 Å². The molecule has 0 aromatic heterocycles. The van der Waals surface area contributed by atoms with Crippen LogP contribution in [0.25, 0.3) is 10.8 Å². The van der Waals surface area contributed by atoms with E-state index in [1.807, 2.05) is 53.4 Å². The fourth-order valence-electron chi connectivity index (χ4n) is 12.3. The van der Waals surface area contributed by atoms with Crippen molar-refractivity contribution in [2.24, 2.45) is 22.9 Å². The maximum absolute atomic E-state index is 15.5. The average Bonchev–Trinajstić information content (AvgIpc) is 3.98. The van der Waals surface area contributed by atoms with Gasteiger partial charge in [0.1, 0.15) is 23.3 Å². The second kappa shape index (κ2) is 26.4. The Morgan fingerprint density at radius 1 is 0.811 bits per heavy atom. The van der Waals surface area contributed by atoms with E-state index < -0.39 is 24.0 Å². The molecule has 4 aromatic rings. The third-order valence-corrected chi connectivity index (χ3v) is 16.0. The molecule has 2 fully saturated rings. The van der Waals surface area contributed by atoms with Gasteiger partial charge in [-0.25, -0.2) is 0 Å². The average molecular weight is 1010 g/mol. The second-order valence-electron chi connectivity index (χ2n) is 21.1. The molecule has 2 N–H and O–H groups in total. The largest absolute Gasteiger partial charge is 0.459 e. The van der Waals surface area contributed by atoms with Crippen LogP contribution in [-0.2, 0) is 25.7 Å². The van der Waals surface area contributed by atoms with Crippen LogP contribution in [0.2, 0.25) is 0 Å². The van der Waals surface area contributed by atoms with Crippen LogP contribution in [0.3, 0.4) is 0 Å². The summed E-state index contributed by atoms with van der Waals surface area (Å²) in [4.78, 5) is 23.9. The molecular weight excluding hydrogens is 933 g/mol. The molecule has 1 amide bonds. The molecule has 7 unspecified atom stereocenters. The van der Waals surface area contributed by atoms with E-state index in [4.69, 9.17) is 38.4 Å². The van der Waals surface area contributed by atoms with Crippen LogP contribution >= 0.6 is 0 Å². The molecule has 12 heteroatoms. The monoisotopic (exact) mass is 1010 g/mol. The SMILES string of the molecule is C=CCOC12Oc3ccc(Oc4ccc5ccccc5c4)cc3C3C(CCCCO)C(CCCCO)C=C(C(=NOC4CCCCO4)CC1N(Cc1ccc4c(c1)OCO4)C(=O)CCCCCCCCCCC)C32. The van der Waals surface area contributed by atoms with E-state index in [0.29, 0.717) is 55.3 Å². The third kappa shape index (κ3) is 12.6. The molecule has 0 radical (unpaired) electrons. The number of carbonyl (C=O) groups is 1. The highest BCUT2D eigenvalue weighted by molar-refractivity contribution is 6.03. The first-order valence-corrected chi connectivity index (χ1v) is 28.1. The zero-order valence-corrected chi connectivity index (χ0v) is 43.8. The molecule has 1 saturated heterocycles. The van der Waals surface area contributed by atoms with E-state index in [1.54, 1.807) is 6.08 Å². The fourth-order valence-corrected chi connectivity index (χ4v) is 12.3. The number of fused-ring (bicyclic) bond motifs is 4. The van der Waals surface area contributed by atoms with Crippen LogP contribution in [0.1, 0.15) is 152 Å². The lowest BCUT2D eigenvalue weighted by molar-refractivity contribution is -0.258. The van der Waals surface area contributed by atoms with Gasteiger partial charge in [0.25, 0.3) is 0 Å². The number of nitrogens with zero attached hydrogens (tertiary/aromatic N) is 2. The Morgan fingerprint density at radius 2 is 1.55 bits per heavy atom. The predicted molar refractivity (Wildman–Crippen MR) is 289 cm³/mol. The first-order chi connectivity index (χ1) is 36.4. The molecule has 12 nitrogen and oxygen atoms in total. The smallest absolute Gasteiger partial charge is 0.239 e. The van der Waals surface area contributed by atoms with E-state index in [1.165, 1.54) is 38.5 Å². The summed E-state index contributed by atoms with van der Waals surface area (Å²) in [7, 11) is 0. The molecule has 7 atom stereocenters. The highest BCUT2D eigenvalue weighted by atomic mass is 16.8. The van der Waals surface area contributed by atoms with E-state index in [-0.39, 0.29) is 56.8 Å². The van der Waals surface area contributed by atoms with Crippen LogP contribution in [0.4, 0.5) is 0 Å². The molecule has 398 valence electrons. The van der Waals surface area contributed by atoms with Crippen LogP contribution in [0.15, 0.2) is 108 Å². The molecule has 2 aliphatic carbocycles. The van der Waals surface area contributed by atoms with Crippen molar-refractivity contribution in [2.75, 3.05) is 33.2 Å². The number of aliphatic hydroxyl groups is 2. The minimum absolute atomic E-state index is 0.0165. The predicted octanol–water partition coefficient (Wildman–Crippen LogP) is 13.5. The summed E-state index contributed by atoms with van der Waals surface area (Å²) < 4.78 is 39.5. The van der Waals surface area contributed by atoms with Crippen LogP contribution < -0.4 is 18.9 Å². The third-order valence-electron chi connectivity index (χ3n) is 16.0. The molecule has 5 aliphatic rings. The summed E-state index contributed by atoms with van der Waals surface area (Å²) in [6, 6.07) is 25.8. The Hall–Kier alpha value is -5.40. The second-order valence-corrected chi connectivity index (χ2v) is 21.1. The maximum atomic E-state index is 15.5. The number of benzene rings is 4. The Morgan fingerprint density at radius 3 is 2.34 bits per heavy atom. The molecular formula is C62H80N2O10. The lowest BCUT2D eigenvalue weighted by Gasteiger charge is -2.60. The van der Waals surface area contributed by atoms with Crippen molar-refractivity contribution in [1.29, 1.82) is 0 Å². The normalized spacial score (nSPS) is 24.1. The van der Waals surface area contributed by atoms with Crippen LogP contribution in [-0.4, -0.2) is 78.1 Å². The first kappa shape index (κ1) is 53.4. The molecule has 0 spiro atoms. The van der Waals surface area contributed by atoms with Crippen molar-refractivity contribution < 1.29 is 48.3 Å². The standard InChI is InChI=1S/C62H80N2O10/c1-3-5-6-7-8-9-10-11-12-25-58(67)64(42-44-27-31-55-56(37-44)70-43-69-55)57-41-53(63-74-59-26-17-20-36-68-59)51-39-47(23-15-18-33-65)50(24-16-19-34-66)60-52-40-49(72-48-29-28-45-21-13-14-22-46(45)38-48)30-32-54(52)73-62(57,61(51)60)71-35-4-2/h4,13-14,21-22,27-32,37-40,47,50,57,59-61,65-66H,2-3,5-12,15-20,23-26,33-36,41-43H2,1H3. The Labute approximate surface area is 439 Å². The van der Waals surface area contributed by atoms with Gasteiger partial charge in [0, 0.05) is 50.5 Å². The van der Waals surface area contributed by atoms with Crippen molar-refractivity contribution >= 4 is 22.4 Å². The molecule has 0 bridgehead atoms. The summed E-state index contributed by atoms with van der Waals surface area (Å²) in [5, 5.41) is 27.6. The molecule has 3 heterocycles. The topological polar surface area (TPSA) is 138 Å². The summed E-state index contributed by atoms with van der Waals surface area (Å²) >= 11 is 0. The summed E-state index contributed by atoms with van der Waals surface area (Å²) in [6.07, 6.45) is 22.0. The molecule has 74 heavy (non-hydrogen) atoms. The number of rotatable bonds is 28. The lowest BCUT2D eigenvalue weighted by Crippen LogP contribution is -2.70. The summed E-state index contributed by atoms with van der Waals surface area (Å²) in [5.41, 5.74) is 3.63. The maximum Gasteiger partial charge on any atom is 0.239 e. The van der Waals surface area contributed by atoms with Gasteiger partial charge in [-0.15, -0.1) is 6.58 Å². The number of oxime groups is 1. The van der Waals surface area contributed by atoms with Crippen molar-refractivity contribution in [3.63, 3.8) is 0 Å². The van der Waals surface area contributed by atoms with Gasteiger partial charge in [-0.2, -0.15) is 0 Å². The van der Waals surface area contributed by atoms with Gasteiger partial charge in [0.05, 0.1) is 24.8 Å². The number of carbonyl (C=O) groups excluding carboxylic acids is 1. The van der Waals surface area contributed by atoms with Crippen molar-refractivity contribution in [3.05, 3.63) is 114 Å². The van der Waals surface area contributed by atoms with Gasteiger partial charge in [-0.05, 0) is 121 Å². The zero-order chi connectivity index (χ0) is 51.1. The van der Waals surface area contributed by atoms with E-state index >= 15 is 4.79 Å². The van der Waals surface area contributed by atoms with Gasteiger partial charge in [0.15, 0.2) is 11.5 Å². The number of amides is 1. The number of hydrogen-bond donors (Lipinski definition) is 2. The Kier molecular flexibility index (Phi) is 19.1. The van der Waals surface area contributed by atoms with Gasteiger partial charge >= 0.3 is 0 Å². The van der Waals surface area contributed by atoms with Crippen LogP contribution in [0.5, 0.6) is 28.7 Å². The first-order valence-electron chi connectivity index (χ1n) is 28.1. The lowest BCUT2D eigenvalue weighted by atomic mass is 9.55. The van der Waals surface area contributed by atoms with E-state index in [9.17, 15) is 10.2 Å². The Balaban J connectivity index is 1.17. The van der Waals surface area contributed by atoms with Crippen molar-refractivity contribution in [2.45, 2.75) is 166 Å². The highest BCUT2D eigenvalue weighted by Gasteiger charge is 2.65. The van der Waals surface area contributed by atoms with Gasteiger partial charge in [-0.3, -0.25) is 4.79 Å². The summed E-state index contributed by atoms with van der Waals surface area (Å²) in [5.74, 6) is 1.49. The molecule has 3 aliphatic heterocycles. The van der Waals surface area contributed by atoms with Gasteiger partial charge in [-0.1, -0.05) is 125 Å². The Bertz CT molecular complexity index is 2540. The van der Waals surface area contributed by atoms with Crippen molar-refractivity contribution in [1.82, 2.24) is 4.90 Å². The molecule has 9 rings (SSSR count). The number of aliphatic hydroxyl groups excluding tert-OH is 2. The van der Waals surface area contributed by atoms with Gasteiger partial charge in [0.2, 0.25) is 24.8 Å². The summed E-state index contributed by atoms with van der Waals surface area (Å²) in [6.45, 7) is 7.81. The minimum atomic E-state index is -1.41. The van der Waals surface area contributed by atoms with Crippen molar-refractivity contribution in [3.8, 4) is 28.7 Å². The van der Waals surface area contributed by atoms with Gasteiger partial charge < -0.3 is 48.4 Å². The van der Waals surface area contributed by atoms with Crippen LogP contribution in [0, 0.1) is 17.8 Å². The quantitative estimate of drug-likeness (QED) is 0.0321. The number of unbranched alkanes of at least 4 members (excludes halogenated alkanes) is 10. The highest BCUT2D eigenvalue weighted by Crippen LogP contribution is 2.62. The fraction of sp³-hybridized carbons (Fsp3) is 0.548. The number of allylic oxidation sites excluding steroid dienone is 1. The molecule has 1 saturated carbocycles. The number of ether oxygens (including phenoxy) is 6.